The van der Waals surface area contributed by atoms with Crippen LogP contribution in [-0.2, 0) is 29.3 Å². The van der Waals surface area contributed by atoms with Gasteiger partial charge < -0.3 is 14.8 Å². The maximum Gasteiger partial charge on any atom is 0.416 e. The predicted octanol–water partition coefficient (Wildman–Crippen LogP) is 3.84. The molecule has 0 unspecified atom stereocenters. The molecule has 1 amide bonds. The lowest BCUT2D eigenvalue weighted by Crippen LogP contribution is -2.25. The van der Waals surface area contributed by atoms with Crippen molar-refractivity contribution in [1.29, 1.82) is 0 Å². The highest BCUT2D eigenvalue weighted by Gasteiger charge is 2.30. The smallest absolute Gasteiger partial charge is 0.416 e. The summed E-state index contributed by atoms with van der Waals surface area (Å²) < 4.78 is 77.0. The Hall–Kier alpha value is -3.57. The first-order chi connectivity index (χ1) is 16.1. The minimum atomic E-state index is -4.49. The van der Waals surface area contributed by atoms with Crippen LogP contribution in [0.5, 0.6) is 11.5 Å². The van der Waals surface area contributed by atoms with Gasteiger partial charge in [0.2, 0.25) is 16.8 Å². The van der Waals surface area contributed by atoms with Crippen molar-refractivity contribution in [3.8, 4) is 11.5 Å². The second kappa shape index (κ2) is 9.35. The van der Waals surface area contributed by atoms with Crippen LogP contribution in [0.3, 0.4) is 0 Å². The van der Waals surface area contributed by atoms with Gasteiger partial charge >= 0.3 is 6.18 Å². The van der Waals surface area contributed by atoms with Crippen LogP contribution in [-0.4, -0.2) is 21.1 Å². The first-order valence-electron chi connectivity index (χ1n) is 10.0. The summed E-state index contributed by atoms with van der Waals surface area (Å²) in [4.78, 5) is 12.4. The number of benzene rings is 3. The SMILES string of the molecule is O=C(NCc1cccc(C(F)(F)F)c1)c1cccc(S(=O)(=O)NCc2ccc3c(c2)OCO3)c1. The van der Waals surface area contributed by atoms with E-state index >= 15 is 0 Å². The summed E-state index contributed by atoms with van der Waals surface area (Å²) in [5.74, 6) is 0.483. The van der Waals surface area contributed by atoms with E-state index in [1.807, 2.05) is 0 Å². The van der Waals surface area contributed by atoms with Crippen molar-refractivity contribution in [2.24, 2.45) is 0 Å². The van der Waals surface area contributed by atoms with Crippen molar-refractivity contribution in [2.75, 3.05) is 6.79 Å². The van der Waals surface area contributed by atoms with E-state index in [9.17, 15) is 26.4 Å². The normalized spacial score (nSPS) is 13.0. The molecule has 34 heavy (non-hydrogen) atoms. The molecule has 0 aromatic heterocycles. The number of carbonyl (C=O) groups excluding carboxylic acids is 1. The zero-order chi connectivity index (χ0) is 24.3. The molecule has 0 bridgehead atoms. The number of amides is 1. The maximum absolute atomic E-state index is 12.9. The van der Waals surface area contributed by atoms with E-state index in [4.69, 9.17) is 9.47 Å². The Bertz CT molecular complexity index is 1330. The summed E-state index contributed by atoms with van der Waals surface area (Å²) in [6, 6.07) is 15.0. The van der Waals surface area contributed by atoms with E-state index in [1.165, 1.54) is 36.4 Å². The van der Waals surface area contributed by atoms with Gasteiger partial charge in [0.25, 0.3) is 5.91 Å². The third-order valence-electron chi connectivity index (χ3n) is 5.02. The van der Waals surface area contributed by atoms with Gasteiger partial charge in [-0.1, -0.05) is 24.3 Å². The van der Waals surface area contributed by atoms with Crippen molar-refractivity contribution in [3.63, 3.8) is 0 Å². The molecule has 1 aliphatic heterocycles. The highest BCUT2D eigenvalue weighted by Crippen LogP contribution is 2.32. The van der Waals surface area contributed by atoms with Gasteiger partial charge in [0, 0.05) is 18.7 Å². The fourth-order valence-electron chi connectivity index (χ4n) is 3.26. The molecule has 3 aromatic rings. The number of halogens is 3. The first kappa shape index (κ1) is 23.6. The number of sulfonamides is 1. The molecule has 0 radical (unpaired) electrons. The molecular weight excluding hydrogens is 473 g/mol. The van der Waals surface area contributed by atoms with Crippen molar-refractivity contribution in [1.82, 2.24) is 10.0 Å². The van der Waals surface area contributed by atoms with E-state index in [-0.39, 0.29) is 35.9 Å². The molecule has 2 N–H and O–H groups in total. The summed E-state index contributed by atoms with van der Waals surface area (Å²) in [5.41, 5.74) is 0.152. The zero-order valence-electron chi connectivity index (χ0n) is 17.6. The molecule has 3 aromatic carbocycles. The van der Waals surface area contributed by atoms with Crippen LogP contribution in [0.25, 0.3) is 0 Å². The average molecular weight is 492 g/mol. The number of hydrogen-bond acceptors (Lipinski definition) is 5. The van der Waals surface area contributed by atoms with Gasteiger partial charge in [0.1, 0.15) is 0 Å². The quantitative estimate of drug-likeness (QED) is 0.523. The third-order valence-corrected chi connectivity index (χ3v) is 6.42. The van der Waals surface area contributed by atoms with Crippen LogP contribution in [0.15, 0.2) is 71.6 Å². The van der Waals surface area contributed by atoms with Gasteiger partial charge in [-0.3, -0.25) is 4.79 Å². The lowest BCUT2D eigenvalue weighted by molar-refractivity contribution is -0.137. The Balaban J connectivity index is 1.41. The standard InChI is InChI=1S/C23H19F3N2O5S/c24-23(25,26)18-5-1-3-15(9-18)12-27-22(29)17-4-2-6-19(11-17)34(30,31)28-13-16-7-8-20-21(10-16)33-14-32-20/h1-11,28H,12-14H2,(H,27,29). The Labute approximate surface area is 193 Å². The van der Waals surface area contributed by atoms with Gasteiger partial charge in [-0.2, -0.15) is 13.2 Å². The molecule has 4 rings (SSSR count). The molecule has 1 aliphatic rings. The molecule has 178 valence electrons. The molecule has 0 atom stereocenters. The molecule has 0 fully saturated rings. The van der Waals surface area contributed by atoms with Crippen molar-refractivity contribution >= 4 is 15.9 Å². The number of fused-ring (bicyclic) bond motifs is 1. The number of alkyl halides is 3. The summed E-state index contributed by atoms with van der Waals surface area (Å²) in [6.07, 6.45) is -4.49. The van der Waals surface area contributed by atoms with Crippen LogP contribution < -0.4 is 19.5 Å². The largest absolute Gasteiger partial charge is 0.454 e. The Morgan fingerprint density at radius 2 is 1.62 bits per heavy atom. The summed E-state index contributed by atoms with van der Waals surface area (Å²) in [6.45, 7) is -0.0554. The van der Waals surface area contributed by atoms with Gasteiger partial charge in [-0.25, -0.2) is 13.1 Å². The van der Waals surface area contributed by atoms with E-state index in [1.54, 1.807) is 18.2 Å². The molecule has 7 nitrogen and oxygen atoms in total. The topological polar surface area (TPSA) is 93.7 Å². The van der Waals surface area contributed by atoms with Crippen LogP contribution in [0.2, 0.25) is 0 Å². The van der Waals surface area contributed by atoms with Gasteiger partial charge in [0.15, 0.2) is 11.5 Å². The van der Waals surface area contributed by atoms with Crippen molar-refractivity contribution in [3.05, 3.63) is 89.0 Å². The highest BCUT2D eigenvalue weighted by molar-refractivity contribution is 7.89. The lowest BCUT2D eigenvalue weighted by Gasteiger charge is -2.11. The van der Waals surface area contributed by atoms with Crippen LogP contribution >= 0.6 is 0 Å². The molecule has 0 spiro atoms. The van der Waals surface area contributed by atoms with E-state index in [2.05, 4.69) is 10.0 Å². The van der Waals surface area contributed by atoms with E-state index in [0.29, 0.717) is 17.1 Å². The zero-order valence-corrected chi connectivity index (χ0v) is 18.4. The Kier molecular flexibility index (Phi) is 6.49. The van der Waals surface area contributed by atoms with E-state index in [0.717, 1.165) is 12.1 Å². The molecule has 0 saturated heterocycles. The van der Waals surface area contributed by atoms with Gasteiger partial charge in [0.05, 0.1) is 10.5 Å². The minimum Gasteiger partial charge on any atom is -0.454 e. The van der Waals surface area contributed by atoms with E-state index < -0.39 is 27.7 Å². The Morgan fingerprint density at radius 3 is 2.41 bits per heavy atom. The number of rotatable bonds is 7. The molecular formula is C23H19F3N2O5S. The maximum atomic E-state index is 12.9. The van der Waals surface area contributed by atoms with Crippen LogP contribution in [0, 0.1) is 0 Å². The summed E-state index contributed by atoms with van der Waals surface area (Å²) in [5, 5.41) is 2.51. The number of nitrogens with one attached hydrogen (secondary N) is 2. The average Bonchev–Trinajstić information content (AvgIpc) is 3.29. The fourth-order valence-corrected chi connectivity index (χ4v) is 4.32. The van der Waals surface area contributed by atoms with Gasteiger partial charge in [-0.15, -0.1) is 0 Å². The fraction of sp³-hybridized carbons (Fsp3) is 0.174. The van der Waals surface area contributed by atoms with Crippen molar-refractivity contribution in [2.45, 2.75) is 24.2 Å². The van der Waals surface area contributed by atoms with Crippen LogP contribution in [0.1, 0.15) is 27.0 Å². The van der Waals surface area contributed by atoms with Crippen molar-refractivity contribution < 1.29 is 35.9 Å². The number of carbonyl (C=O) groups is 1. The number of hydrogen-bond donors (Lipinski definition) is 2. The number of ether oxygens (including phenoxy) is 2. The summed E-state index contributed by atoms with van der Waals surface area (Å²) >= 11 is 0. The monoisotopic (exact) mass is 492 g/mol. The van der Waals surface area contributed by atoms with Crippen LogP contribution in [0.4, 0.5) is 13.2 Å². The van der Waals surface area contributed by atoms with Gasteiger partial charge in [-0.05, 0) is 53.6 Å². The minimum absolute atomic E-state index is 0.00898. The third kappa shape index (κ3) is 5.49. The second-order valence-corrected chi connectivity index (χ2v) is 9.19. The molecule has 0 saturated carbocycles. The molecule has 11 heteroatoms. The Morgan fingerprint density at radius 1 is 0.882 bits per heavy atom. The predicted molar refractivity (Wildman–Crippen MR) is 116 cm³/mol. The molecule has 1 heterocycles. The first-order valence-corrected chi connectivity index (χ1v) is 11.5. The summed E-state index contributed by atoms with van der Waals surface area (Å²) in [7, 11) is -3.94. The second-order valence-electron chi connectivity index (χ2n) is 7.42. The molecule has 0 aliphatic carbocycles. The lowest BCUT2D eigenvalue weighted by atomic mass is 10.1. The highest BCUT2D eigenvalue weighted by atomic mass is 32.2.